The Morgan fingerprint density at radius 1 is 1.20 bits per heavy atom. The summed E-state index contributed by atoms with van der Waals surface area (Å²) in [5.74, 6) is 0.0150. The molecule has 0 N–H and O–H groups in total. The highest BCUT2D eigenvalue weighted by molar-refractivity contribution is 5.88. The van der Waals surface area contributed by atoms with Gasteiger partial charge < -0.3 is 4.74 Å². The highest BCUT2D eigenvalue weighted by atomic mass is 16.6. The molecule has 1 aliphatic heterocycles. The topological polar surface area (TPSA) is 43.4 Å². The molecule has 1 rings (SSSR count). The van der Waals surface area contributed by atoms with Gasteiger partial charge in [-0.3, -0.25) is 9.59 Å². The molecule has 0 aromatic heterocycles. The predicted molar refractivity (Wildman–Crippen MR) is 61.4 cm³/mol. The van der Waals surface area contributed by atoms with Crippen LogP contribution in [0.1, 0.15) is 54.4 Å². The first-order valence-corrected chi connectivity index (χ1v) is 5.31. The smallest absolute Gasteiger partial charge is 0.313 e. The van der Waals surface area contributed by atoms with E-state index in [2.05, 4.69) is 18.6 Å². The van der Waals surface area contributed by atoms with Crippen LogP contribution in [0.15, 0.2) is 0 Å². The molecule has 3 heteroatoms. The van der Waals surface area contributed by atoms with E-state index in [4.69, 9.17) is 0 Å². The summed E-state index contributed by atoms with van der Waals surface area (Å²) in [7, 11) is 0. The molecule has 0 radical (unpaired) electrons. The van der Waals surface area contributed by atoms with Crippen LogP contribution in [0.4, 0.5) is 0 Å². The lowest BCUT2D eigenvalue weighted by molar-refractivity contribution is -0.165. The van der Waals surface area contributed by atoms with Crippen molar-refractivity contribution in [2.45, 2.75) is 54.4 Å². The van der Waals surface area contributed by atoms with Gasteiger partial charge in [0.1, 0.15) is 0 Å². The summed E-state index contributed by atoms with van der Waals surface area (Å²) in [6, 6.07) is 0. The molecule has 0 aromatic rings. The Bertz CT molecular complexity index is 181. The molecule has 90 valence electrons. The van der Waals surface area contributed by atoms with Crippen LogP contribution < -0.4 is 0 Å². The van der Waals surface area contributed by atoms with Gasteiger partial charge in [0.15, 0.2) is 0 Å². The SMILES string of the molecule is C.CC.CC(C)CC1CC(=O)OC(=O)C1. The van der Waals surface area contributed by atoms with Crippen LogP contribution in [0.5, 0.6) is 0 Å². The minimum Gasteiger partial charge on any atom is -0.393 e. The standard InChI is InChI=1S/C9H14O3.C2H6.CH4/c1-6(2)3-7-4-8(10)12-9(11)5-7;1-2;/h6-7H,3-5H2,1-2H3;1-2H3;1H4. The molecule has 0 bridgehead atoms. The lowest BCUT2D eigenvalue weighted by Gasteiger charge is -2.20. The van der Waals surface area contributed by atoms with Crippen LogP contribution >= 0.6 is 0 Å². The summed E-state index contributed by atoms with van der Waals surface area (Å²) in [5, 5.41) is 0. The zero-order chi connectivity index (χ0) is 11.1. The number of ether oxygens (including phenoxy) is 1. The summed E-state index contributed by atoms with van der Waals surface area (Å²) in [6.07, 6.45) is 1.74. The van der Waals surface area contributed by atoms with Crippen molar-refractivity contribution < 1.29 is 14.3 Å². The van der Waals surface area contributed by atoms with E-state index < -0.39 is 0 Å². The summed E-state index contributed by atoms with van der Waals surface area (Å²) < 4.78 is 4.42. The van der Waals surface area contributed by atoms with Crippen molar-refractivity contribution in [3.63, 3.8) is 0 Å². The maximum Gasteiger partial charge on any atom is 0.313 e. The monoisotopic (exact) mass is 216 g/mol. The molecule has 1 fully saturated rings. The Balaban J connectivity index is 0. The van der Waals surface area contributed by atoms with Crippen molar-refractivity contribution in [1.82, 2.24) is 0 Å². The number of hydrogen-bond donors (Lipinski definition) is 0. The van der Waals surface area contributed by atoms with E-state index >= 15 is 0 Å². The van der Waals surface area contributed by atoms with E-state index in [1.54, 1.807) is 0 Å². The van der Waals surface area contributed by atoms with Crippen LogP contribution in [0.3, 0.4) is 0 Å². The predicted octanol–water partition coefficient (Wildman–Crippen LogP) is 3.17. The molecule has 0 spiro atoms. The molecule has 1 aliphatic rings. The average molecular weight is 216 g/mol. The van der Waals surface area contributed by atoms with Crippen LogP contribution in [0, 0.1) is 11.8 Å². The lowest BCUT2D eigenvalue weighted by atomic mass is 9.90. The third kappa shape index (κ3) is 7.11. The van der Waals surface area contributed by atoms with Gasteiger partial charge in [0.25, 0.3) is 0 Å². The summed E-state index contributed by atoms with van der Waals surface area (Å²) in [5.41, 5.74) is 0. The fourth-order valence-corrected chi connectivity index (χ4v) is 1.59. The van der Waals surface area contributed by atoms with Crippen LogP contribution in [0.25, 0.3) is 0 Å². The third-order valence-corrected chi connectivity index (χ3v) is 1.94. The van der Waals surface area contributed by atoms with Crippen LogP contribution in [0.2, 0.25) is 0 Å². The molecular formula is C12H24O3. The van der Waals surface area contributed by atoms with Gasteiger partial charge >= 0.3 is 11.9 Å². The highest BCUT2D eigenvalue weighted by Crippen LogP contribution is 2.23. The van der Waals surface area contributed by atoms with Crippen molar-refractivity contribution >= 4 is 11.9 Å². The first-order chi connectivity index (χ1) is 6.58. The number of hydrogen-bond acceptors (Lipinski definition) is 3. The normalized spacial score (nSPS) is 16.3. The van der Waals surface area contributed by atoms with Gasteiger partial charge in [-0.15, -0.1) is 0 Å². The van der Waals surface area contributed by atoms with Crippen molar-refractivity contribution in [3.8, 4) is 0 Å². The molecule has 0 atom stereocenters. The van der Waals surface area contributed by atoms with E-state index in [0.29, 0.717) is 18.8 Å². The molecule has 0 saturated carbocycles. The molecule has 0 amide bonds. The number of carbonyl (C=O) groups excluding carboxylic acids is 2. The minimum absolute atomic E-state index is 0. The van der Waals surface area contributed by atoms with E-state index in [1.165, 1.54) is 0 Å². The van der Waals surface area contributed by atoms with Crippen molar-refractivity contribution in [2.75, 3.05) is 0 Å². The number of cyclic esters (lactones) is 2. The lowest BCUT2D eigenvalue weighted by Crippen LogP contribution is -2.26. The van der Waals surface area contributed by atoms with Crippen LogP contribution in [-0.2, 0) is 14.3 Å². The largest absolute Gasteiger partial charge is 0.393 e. The first kappa shape index (κ1) is 16.6. The first-order valence-electron chi connectivity index (χ1n) is 5.31. The Labute approximate surface area is 93.2 Å². The summed E-state index contributed by atoms with van der Waals surface area (Å²) in [6.45, 7) is 8.18. The summed E-state index contributed by atoms with van der Waals surface area (Å²) in [4.78, 5) is 21.6. The van der Waals surface area contributed by atoms with Gasteiger partial charge in [-0.2, -0.15) is 0 Å². The fraction of sp³-hybridized carbons (Fsp3) is 0.833. The van der Waals surface area contributed by atoms with E-state index in [0.717, 1.165) is 6.42 Å². The van der Waals surface area contributed by atoms with Gasteiger partial charge in [0.05, 0.1) is 0 Å². The molecule has 0 unspecified atom stereocenters. The zero-order valence-electron chi connectivity index (χ0n) is 9.50. The zero-order valence-corrected chi connectivity index (χ0v) is 9.50. The van der Waals surface area contributed by atoms with Gasteiger partial charge in [0.2, 0.25) is 0 Å². The highest BCUT2D eigenvalue weighted by Gasteiger charge is 2.27. The van der Waals surface area contributed by atoms with Gasteiger partial charge in [0, 0.05) is 12.8 Å². The van der Waals surface area contributed by atoms with Gasteiger partial charge in [-0.25, -0.2) is 0 Å². The fourth-order valence-electron chi connectivity index (χ4n) is 1.59. The molecule has 1 saturated heterocycles. The van der Waals surface area contributed by atoms with E-state index in [9.17, 15) is 9.59 Å². The van der Waals surface area contributed by atoms with E-state index in [-0.39, 0.29) is 25.3 Å². The summed E-state index contributed by atoms with van der Waals surface area (Å²) >= 11 is 0. The van der Waals surface area contributed by atoms with Gasteiger partial charge in [-0.1, -0.05) is 35.1 Å². The Kier molecular flexibility index (Phi) is 9.33. The van der Waals surface area contributed by atoms with Crippen molar-refractivity contribution in [1.29, 1.82) is 0 Å². The Hall–Kier alpha value is -0.860. The molecule has 0 aromatic carbocycles. The second-order valence-electron chi connectivity index (χ2n) is 3.75. The van der Waals surface area contributed by atoms with Crippen LogP contribution in [-0.4, -0.2) is 11.9 Å². The third-order valence-electron chi connectivity index (χ3n) is 1.94. The number of carbonyl (C=O) groups is 2. The molecular weight excluding hydrogens is 192 g/mol. The number of rotatable bonds is 2. The van der Waals surface area contributed by atoms with Crippen molar-refractivity contribution in [2.24, 2.45) is 11.8 Å². The Morgan fingerprint density at radius 2 is 1.60 bits per heavy atom. The maximum atomic E-state index is 10.8. The molecule has 0 aliphatic carbocycles. The van der Waals surface area contributed by atoms with Crippen molar-refractivity contribution in [3.05, 3.63) is 0 Å². The maximum absolute atomic E-state index is 10.8. The number of esters is 2. The minimum atomic E-state index is -0.364. The van der Waals surface area contributed by atoms with Gasteiger partial charge in [-0.05, 0) is 18.3 Å². The second kappa shape index (κ2) is 8.45. The Morgan fingerprint density at radius 3 is 1.93 bits per heavy atom. The molecule has 15 heavy (non-hydrogen) atoms. The quantitative estimate of drug-likeness (QED) is 0.526. The second-order valence-corrected chi connectivity index (χ2v) is 3.75. The van der Waals surface area contributed by atoms with E-state index in [1.807, 2.05) is 13.8 Å². The molecule has 3 nitrogen and oxygen atoms in total. The average Bonchev–Trinajstić information content (AvgIpc) is 2.04. The molecule has 1 heterocycles.